The van der Waals surface area contributed by atoms with E-state index in [2.05, 4.69) is 20.3 Å². The number of oxazole rings is 1. The van der Waals surface area contributed by atoms with Crippen LogP contribution in [0.3, 0.4) is 0 Å². The highest BCUT2D eigenvalue weighted by Crippen LogP contribution is 2.73. The molecule has 4 aromatic rings. The van der Waals surface area contributed by atoms with E-state index in [1.807, 2.05) is 11.8 Å². The number of halogens is 3. The minimum absolute atomic E-state index is 0.0285. The summed E-state index contributed by atoms with van der Waals surface area (Å²) >= 11 is 0. The summed E-state index contributed by atoms with van der Waals surface area (Å²) < 4.78 is 53.3. The van der Waals surface area contributed by atoms with E-state index in [1.165, 1.54) is 36.5 Å². The summed E-state index contributed by atoms with van der Waals surface area (Å²) in [6, 6.07) is 6.12. The summed E-state index contributed by atoms with van der Waals surface area (Å²) in [4.78, 5) is 56.7. The highest BCUT2D eigenvalue weighted by atomic mass is 19.4. The summed E-state index contributed by atoms with van der Waals surface area (Å²) in [5.41, 5.74) is -1.86. The van der Waals surface area contributed by atoms with Crippen LogP contribution >= 0.6 is 0 Å². The Kier molecular flexibility index (Phi) is 7.36. The Hall–Kier alpha value is -5.15. The number of anilines is 1. The van der Waals surface area contributed by atoms with Crippen molar-refractivity contribution < 1.29 is 37.0 Å². The van der Waals surface area contributed by atoms with Gasteiger partial charge in [-0.3, -0.25) is 14.4 Å². The molecule has 252 valence electrons. The average Bonchev–Trinajstić information content (AvgIpc) is 3.49. The van der Waals surface area contributed by atoms with E-state index in [1.54, 1.807) is 16.7 Å². The minimum Gasteiger partial charge on any atom is -0.505 e. The molecule has 2 amide bonds. The quantitative estimate of drug-likeness (QED) is 0.286. The van der Waals surface area contributed by atoms with E-state index < -0.39 is 34.4 Å². The Morgan fingerprint density at radius 2 is 1.83 bits per heavy atom. The Bertz CT molecular complexity index is 1980. The smallest absolute Gasteiger partial charge is 0.394 e. The molecule has 48 heavy (non-hydrogen) atoms. The molecule has 0 radical (unpaired) electrons. The van der Waals surface area contributed by atoms with E-state index in [0.717, 1.165) is 0 Å². The summed E-state index contributed by atoms with van der Waals surface area (Å²) in [6.45, 7) is 2.46. The van der Waals surface area contributed by atoms with Crippen molar-refractivity contribution in [3.8, 4) is 23.1 Å². The fourth-order valence-corrected chi connectivity index (χ4v) is 7.31. The van der Waals surface area contributed by atoms with Crippen molar-refractivity contribution in [2.45, 2.75) is 50.9 Å². The van der Waals surface area contributed by atoms with Gasteiger partial charge in [0, 0.05) is 61.4 Å². The number of piperazine rings is 1. The second kappa shape index (κ2) is 11.2. The normalized spacial score (nSPS) is 21.9. The predicted molar refractivity (Wildman–Crippen MR) is 165 cm³/mol. The van der Waals surface area contributed by atoms with E-state index in [4.69, 9.17) is 9.15 Å². The van der Waals surface area contributed by atoms with Crippen molar-refractivity contribution in [2.75, 3.05) is 38.2 Å². The predicted octanol–water partition coefficient (Wildman–Crippen LogP) is 3.29. The Morgan fingerprint density at radius 3 is 2.48 bits per heavy atom. The molecule has 16 heteroatoms. The molecule has 0 unspecified atom stereocenters. The van der Waals surface area contributed by atoms with Gasteiger partial charge < -0.3 is 33.9 Å². The first kappa shape index (κ1) is 31.4. The number of aromatic hydroxyl groups is 1. The molecule has 1 aliphatic heterocycles. The Labute approximate surface area is 271 Å². The van der Waals surface area contributed by atoms with E-state index in [0.29, 0.717) is 29.2 Å². The zero-order valence-corrected chi connectivity index (χ0v) is 26.1. The van der Waals surface area contributed by atoms with Crippen LogP contribution in [0.2, 0.25) is 0 Å². The van der Waals surface area contributed by atoms with Gasteiger partial charge in [-0.05, 0) is 43.9 Å². The number of hydrogen-bond donors (Lipinski definition) is 2. The number of alkyl halides is 3. The lowest BCUT2D eigenvalue weighted by Crippen LogP contribution is -2.78. The summed E-state index contributed by atoms with van der Waals surface area (Å²) in [7, 11) is 1.45. The molecular formula is C32H32F3N7O6. The molecule has 3 aliphatic carbocycles. The van der Waals surface area contributed by atoms with Crippen LogP contribution in [-0.4, -0.2) is 86.3 Å². The highest BCUT2D eigenvalue weighted by Gasteiger charge is 2.78. The summed E-state index contributed by atoms with van der Waals surface area (Å²) in [5.74, 6) is -0.798. The number of nitrogens with one attached hydrogen (secondary N) is 1. The number of methoxy groups -OCH3 is 1. The molecule has 0 spiro atoms. The number of hydrogen-bond acceptors (Lipinski definition) is 10. The minimum atomic E-state index is -4.31. The van der Waals surface area contributed by atoms with Gasteiger partial charge in [-0.25, -0.2) is 15.0 Å². The van der Waals surface area contributed by atoms with Gasteiger partial charge in [0.25, 0.3) is 5.91 Å². The van der Waals surface area contributed by atoms with Crippen LogP contribution < -0.4 is 20.4 Å². The Morgan fingerprint density at radius 1 is 1.10 bits per heavy atom. The number of carbonyl (C=O) groups is 2. The second-order valence-electron chi connectivity index (χ2n) is 12.6. The van der Waals surface area contributed by atoms with E-state index in [-0.39, 0.29) is 80.6 Å². The summed E-state index contributed by atoms with van der Waals surface area (Å²) in [6.07, 6.45) is -1.57. The fourth-order valence-electron chi connectivity index (χ4n) is 7.31. The monoisotopic (exact) mass is 667 g/mol. The van der Waals surface area contributed by atoms with Gasteiger partial charge in [-0.2, -0.15) is 13.2 Å². The van der Waals surface area contributed by atoms with Crippen LogP contribution in [-0.2, 0) is 17.8 Å². The molecule has 5 heterocycles. The van der Waals surface area contributed by atoms with E-state index in [9.17, 15) is 32.7 Å². The first-order chi connectivity index (χ1) is 22.9. The molecule has 4 fully saturated rings. The maximum atomic E-state index is 14.2. The molecule has 13 nitrogen and oxygen atoms in total. The third-order valence-electron chi connectivity index (χ3n) is 9.62. The molecule has 0 aromatic carbocycles. The lowest BCUT2D eigenvalue weighted by atomic mass is 9.39. The Balaban J connectivity index is 1.23. The van der Waals surface area contributed by atoms with Crippen LogP contribution in [0.5, 0.6) is 11.6 Å². The third kappa shape index (κ3) is 5.00. The zero-order chi connectivity index (χ0) is 34.0. The van der Waals surface area contributed by atoms with Crippen molar-refractivity contribution in [3.63, 3.8) is 0 Å². The van der Waals surface area contributed by atoms with Gasteiger partial charge in [-0.1, -0.05) is 6.92 Å². The van der Waals surface area contributed by atoms with Gasteiger partial charge in [-0.15, -0.1) is 0 Å². The molecule has 4 aromatic heterocycles. The van der Waals surface area contributed by atoms with Gasteiger partial charge in [0.2, 0.25) is 28.8 Å². The van der Waals surface area contributed by atoms with Crippen molar-refractivity contribution in [3.05, 3.63) is 58.3 Å². The molecule has 4 aliphatic rings. The number of fused-ring (bicyclic) bond motifs is 1. The molecule has 2 bridgehead atoms. The number of carbonyl (C=O) groups excluding carboxylic acids is 2. The van der Waals surface area contributed by atoms with Crippen LogP contribution in [0.25, 0.3) is 22.7 Å². The fraction of sp³-hybridized carbons (Fsp3) is 0.438. The number of nitrogens with zero attached hydrogens (tertiary/aromatic N) is 6. The third-order valence-corrected chi connectivity index (χ3v) is 9.62. The van der Waals surface area contributed by atoms with Crippen molar-refractivity contribution in [1.29, 1.82) is 0 Å². The van der Waals surface area contributed by atoms with Crippen molar-refractivity contribution >= 4 is 28.7 Å². The number of aromatic nitrogens is 4. The van der Waals surface area contributed by atoms with Gasteiger partial charge in [0.05, 0.1) is 12.5 Å². The number of ether oxygens (including phenoxy) is 1. The number of amides is 2. The maximum absolute atomic E-state index is 14.2. The highest BCUT2D eigenvalue weighted by molar-refractivity contribution is 5.95. The van der Waals surface area contributed by atoms with Crippen LogP contribution in [0, 0.1) is 5.41 Å². The van der Waals surface area contributed by atoms with Crippen molar-refractivity contribution in [2.24, 2.45) is 5.41 Å². The molecule has 1 saturated heterocycles. The topological polar surface area (TPSA) is 156 Å². The SMILES string of the molecule is CCc1c(N2CCN(C(=O)c3ncccc3O)CC2)c(=O)c2nc(-c3ccnc(OC)c3)oc2n1CC(=O)NC12CC(C(F)(F)F)(C1)C2. The van der Waals surface area contributed by atoms with Crippen LogP contribution in [0.15, 0.2) is 45.9 Å². The number of rotatable bonds is 8. The molecule has 0 atom stereocenters. The zero-order valence-electron chi connectivity index (χ0n) is 26.1. The average molecular weight is 668 g/mol. The first-order valence-corrected chi connectivity index (χ1v) is 15.5. The molecule has 8 rings (SSSR count). The van der Waals surface area contributed by atoms with Gasteiger partial charge >= 0.3 is 6.18 Å². The first-order valence-electron chi connectivity index (χ1n) is 15.5. The van der Waals surface area contributed by atoms with Crippen LogP contribution in [0.1, 0.15) is 42.4 Å². The van der Waals surface area contributed by atoms with Gasteiger partial charge in [0.1, 0.15) is 18.0 Å². The summed E-state index contributed by atoms with van der Waals surface area (Å²) in [5, 5.41) is 12.9. The van der Waals surface area contributed by atoms with Crippen molar-refractivity contribution in [1.82, 2.24) is 29.7 Å². The molecular weight excluding hydrogens is 635 g/mol. The van der Waals surface area contributed by atoms with Crippen LogP contribution in [0.4, 0.5) is 18.9 Å². The maximum Gasteiger partial charge on any atom is 0.394 e. The number of pyridine rings is 3. The van der Waals surface area contributed by atoms with Gasteiger partial charge in [0.15, 0.2) is 11.2 Å². The standard InChI is InChI=1S/C32H32F3N7O6/c1-3-19-25(40-9-11-41(12-10-40)28(46)23-20(43)5-4-7-37-23)26(45)24-29(48-27(38-24)18-6-8-36-22(13-18)47-2)42(19)14-21(44)39-31-15-30(16-31,17-31)32(33,34)35/h4-8,13,43H,3,9-12,14-17H2,1-2H3,(H,39,44). The lowest BCUT2D eigenvalue weighted by Gasteiger charge is -2.70. The largest absolute Gasteiger partial charge is 0.505 e. The second-order valence-corrected chi connectivity index (χ2v) is 12.6. The molecule has 2 N–H and O–H groups in total. The van der Waals surface area contributed by atoms with E-state index >= 15 is 0 Å². The molecule has 3 saturated carbocycles. The lowest BCUT2D eigenvalue weighted by molar-refractivity contribution is -0.337.